The van der Waals surface area contributed by atoms with Crippen LogP contribution in [0.25, 0.3) is 10.9 Å². The Morgan fingerprint density at radius 2 is 2.10 bits per heavy atom. The molecule has 1 aromatic carbocycles. The van der Waals surface area contributed by atoms with Crippen molar-refractivity contribution < 1.29 is 23.1 Å². The summed E-state index contributed by atoms with van der Waals surface area (Å²) < 4.78 is 28.7. The van der Waals surface area contributed by atoms with Gasteiger partial charge in [-0.2, -0.15) is 0 Å². The van der Waals surface area contributed by atoms with Crippen LogP contribution in [0.2, 0.25) is 0 Å². The van der Waals surface area contributed by atoms with Crippen LogP contribution in [0.15, 0.2) is 30.3 Å². The lowest BCUT2D eigenvalue weighted by atomic mass is 10.1. The van der Waals surface area contributed by atoms with Crippen molar-refractivity contribution in [1.29, 1.82) is 0 Å². The number of ether oxygens (including phenoxy) is 1. The van der Waals surface area contributed by atoms with Gasteiger partial charge in [0.05, 0.1) is 17.0 Å². The molecule has 1 aromatic heterocycles. The summed E-state index contributed by atoms with van der Waals surface area (Å²) >= 11 is 0. The van der Waals surface area contributed by atoms with E-state index in [9.17, 15) is 13.2 Å². The first-order chi connectivity index (χ1) is 9.94. The first kappa shape index (κ1) is 13.8. The quantitative estimate of drug-likeness (QED) is 0.923. The molecule has 2 aromatic rings. The molecule has 1 aliphatic rings. The summed E-state index contributed by atoms with van der Waals surface area (Å²) in [6, 6.07) is 8.36. The summed E-state index contributed by atoms with van der Waals surface area (Å²) in [5, 5.41) is 9.77. The van der Waals surface area contributed by atoms with Gasteiger partial charge in [-0.1, -0.05) is 12.1 Å². The zero-order chi connectivity index (χ0) is 15.0. The molecule has 0 radical (unpaired) electrons. The largest absolute Gasteiger partial charge is 0.489 e. The lowest BCUT2D eigenvalue weighted by molar-refractivity contribution is 0.0690. The number of benzene rings is 1. The number of carboxylic acids is 1. The number of nitrogens with zero attached hydrogens (tertiary/aromatic N) is 1. The Hall–Kier alpha value is -2.15. The van der Waals surface area contributed by atoms with Crippen molar-refractivity contribution in [3.63, 3.8) is 0 Å². The molecule has 0 bridgehead atoms. The molecule has 0 amide bonds. The number of rotatable bonds is 3. The third-order valence-corrected chi connectivity index (χ3v) is 5.12. The highest BCUT2D eigenvalue weighted by Gasteiger charge is 2.30. The second kappa shape index (κ2) is 5.00. The predicted octanol–water partition coefficient (Wildman–Crippen LogP) is 1.50. The molecule has 1 N–H and O–H groups in total. The van der Waals surface area contributed by atoms with E-state index in [0.29, 0.717) is 23.1 Å². The molecule has 7 heteroatoms. The lowest BCUT2D eigenvalue weighted by Crippen LogP contribution is -2.18. The topological polar surface area (TPSA) is 93.6 Å². The van der Waals surface area contributed by atoms with E-state index >= 15 is 0 Å². The van der Waals surface area contributed by atoms with E-state index in [1.165, 1.54) is 6.07 Å². The Morgan fingerprint density at radius 1 is 1.33 bits per heavy atom. The molecular formula is C14H13NO5S. The summed E-state index contributed by atoms with van der Waals surface area (Å²) in [6.07, 6.45) is -0.0241. The summed E-state index contributed by atoms with van der Waals surface area (Å²) in [7, 11) is -3.05. The molecule has 1 aliphatic heterocycles. The second-order valence-electron chi connectivity index (χ2n) is 4.97. The molecule has 2 heterocycles. The smallest absolute Gasteiger partial charge is 0.354 e. The maximum atomic E-state index is 11.5. The second-order valence-corrected chi connectivity index (χ2v) is 7.20. The van der Waals surface area contributed by atoms with E-state index in [0.717, 1.165) is 0 Å². The zero-order valence-corrected chi connectivity index (χ0v) is 11.8. The van der Waals surface area contributed by atoms with Gasteiger partial charge in [-0.05, 0) is 18.6 Å². The van der Waals surface area contributed by atoms with Crippen LogP contribution in [0, 0.1) is 0 Å². The van der Waals surface area contributed by atoms with Crippen molar-refractivity contribution in [2.45, 2.75) is 12.5 Å². The minimum absolute atomic E-state index is 0.0357. The van der Waals surface area contributed by atoms with E-state index in [2.05, 4.69) is 4.98 Å². The molecule has 1 fully saturated rings. The van der Waals surface area contributed by atoms with Crippen LogP contribution in [0.5, 0.6) is 5.75 Å². The first-order valence-electron chi connectivity index (χ1n) is 6.45. The number of sulfone groups is 1. The molecule has 1 saturated heterocycles. The number of pyridine rings is 1. The Labute approximate surface area is 121 Å². The van der Waals surface area contributed by atoms with Crippen LogP contribution in [0.4, 0.5) is 0 Å². The number of hydrogen-bond donors (Lipinski definition) is 1. The SMILES string of the molecule is O=C(O)c1cc(O[C@@H]2CCS(=O)(=O)C2)c2ccccc2n1. The fourth-order valence-electron chi connectivity index (χ4n) is 2.38. The van der Waals surface area contributed by atoms with Gasteiger partial charge in [0, 0.05) is 11.5 Å². The molecule has 0 spiro atoms. The highest BCUT2D eigenvalue weighted by atomic mass is 32.2. The van der Waals surface area contributed by atoms with Gasteiger partial charge in [-0.15, -0.1) is 0 Å². The fourth-order valence-corrected chi connectivity index (χ4v) is 3.97. The number of hydrogen-bond acceptors (Lipinski definition) is 5. The van der Waals surface area contributed by atoms with Crippen LogP contribution in [0.3, 0.4) is 0 Å². The molecule has 1 atom stereocenters. The number of aromatic carboxylic acids is 1. The van der Waals surface area contributed by atoms with Crippen LogP contribution in [-0.4, -0.2) is 42.1 Å². The summed E-state index contributed by atoms with van der Waals surface area (Å²) in [6.45, 7) is 0. The predicted molar refractivity (Wildman–Crippen MR) is 76.4 cm³/mol. The number of carbonyl (C=O) groups is 1. The number of aromatic nitrogens is 1. The third-order valence-electron chi connectivity index (χ3n) is 3.38. The minimum atomic E-state index is -3.05. The highest BCUT2D eigenvalue weighted by Crippen LogP contribution is 2.28. The highest BCUT2D eigenvalue weighted by molar-refractivity contribution is 7.91. The van der Waals surface area contributed by atoms with Gasteiger partial charge in [0.2, 0.25) is 0 Å². The Bertz CT molecular complexity index is 815. The molecule has 110 valence electrons. The summed E-state index contributed by atoms with van der Waals surface area (Å²) in [4.78, 5) is 15.2. The number of fused-ring (bicyclic) bond motifs is 1. The molecule has 3 rings (SSSR count). The van der Waals surface area contributed by atoms with Crippen LogP contribution in [0.1, 0.15) is 16.9 Å². The van der Waals surface area contributed by atoms with E-state index in [1.54, 1.807) is 24.3 Å². The average Bonchev–Trinajstić information content (AvgIpc) is 2.77. The maximum Gasteiger partial charge on any atom is 0.354 e. The van der Waals surface area contributed by atoms with E-state index in [1.807, 2.05) is 0 Å². The average molecular weight is 307 g/mol. The molecular weight excluding hydrogens is 294 g/mol. The molecule has 0 unspecified atom stereocenters. The number of para-hydroxylation sites is 1. The first-order valence-corrected chi connectivity index (χ1v) is 8.27. The van der Waals surface area contributed by atoms with Crippen LogP contribution in [-0.2, 0) is 9.84 Å². The zero-order valence-electron chi connectivity index (χ0n) is 11.0. The van der Waals surface area contributed by atoms with Crippen molar-refractivity contribution in [3.05, 3.63) is 36.0 Å². The van der Waals surface area contributed by atoms with Gasteiger partial charge < -0.3 is 9.84 Å². The van der Waals surface area contributed by atoms with Crippen LogP contribution >= 0.6 is 0 Å². The molecule has 21 heavy (non-hydrogen) atoms. The Morgan fingerprint density at radius 3 is 2.76 bits per heavy atom. The Balaban J connectivity index is 2.02. The lowest BCUT2D eigenvalue weighted by Gasteiger charge is -2.14. The third kappa shape index (κ3) is 2.82. The van der Waals surface area contributed by atoms with Crippen molar-refractivity contribution >= 4 is 26.7 Å². The van der Waals surface area contributed by atoms with Gasteiger partial charge in [0.25, 0.3) is 0 Å². The van der Waals surface area contributed by atoms with Crippen LogP contribution < -0.4 is 4.74 Å². The maximum absolute atomic E-state index is 11.5. The molecule has 6 nitrogen and oxygen atoms in total. The Kier molecular flexibility index (Phi) is 3.29. The monoisotopic (exact) mass is 307 g/mol. The van der Waals surface area contributed by atoms with E-state index in [-0.39, 0.29) is 17.2 Å². The van der Waals surface area contributed by atoms with Gasteiger partial charge in [0.1, 0.15) is 11.9 Å². The fraction of sp³-hybridized carbons (Fsp3) is 0.286. The van der Waals surface area contributed by atoms with Gasteiger partial charge in [-0.25, -0.2) is 18.2 Å². The summed E-state index contributed by atoms with van der Waals surface area (Å²) in [5.74, 6) is -0.719. The van der Waals surface area contributed by atoms with Gasteiger partial charge in [-0.3, -0.25) is 0 Å². The van der Waals surface area contributed by atoms with Crippen molar-refractivity contribution in [2.24, 2.45) is 0 Å². The minimum Gasteiger partial charge on any atom is -0.489 e. The summed E-state index contributed by atoms with van der Waals surface area (Å²) in [5.41, 5.74) is 0.387. The molecule has 0 saturated carbocycles. The van der Waals surface area contributed by atoms with Gasteiger partial charge in [0.15, 0.2) is 15.5 Å². The van der Waals surface area contributed by atoms with E-state index in [4.69, 9.17) is 9.84 Å². The van der Waals surface area contributed by atoms with Crippen molar-refractivity contribution in [3.8, 4) is 5.75 Å². The molecule has 0 aliphatic carbocycles. The van der Waals surface area contributed by atoms with E-state index < -0.39 is 21.9 Å². The standard InChI is InChI=1S/C14H13NO5S/c16-14(17)12-7-13(10-3-1-2-4-11(10)15-12)20-9-5-6-21(18,19)8-9/h1-4,7,9H,5-6,8H2,(H,16,17)/t9-/m1/s1. The number of carboxylic acid groups (broad SMARTS) is 1. The normalized spacial score (nSPS) is 20.5. The van der Waals surface area contributed by atoms with Gasteiger partial charge >= 0.3 is 5.97 Å². The van der Waals surface area contributed by atoms with Crippen molar-refractivity contribution in [2.75, 3.05) is 11.5 Å². The van der Waals surface area contributed by atoms with Crippen molar-refractivity contribution in [1.82, 2.24) is 4.98 Å².